The zero-order valence-electron chi connectivity index (χ0n) is 14.8. The van der Waals surface area contributed by atoms with Crippen LogP contribution in [-0.2, 0) is 4.74 Å². The second-order valence-corrected chi connectivity index (χ2v) is 6.56. The van der Waals surface area contributed by atoms with E-state index in [4.69, 9.17) is 4.74 Å². The lowest BCUT2D eigenvalue weighted by Crippen LogP contribution is -2.37. The minimum Gasteiger partial charge on any atom is -0.378 e. The van der Waals surface area contributed by atoms with Crippen LogP contribution in [0.1, 0.15) is 32.1 Å². The summed E-state index contributed by atoms with van der Waals surface area (Å²) in [6.07, 6.45) is 7.94. The lowest BCUT2D eigenvalue weighted by Gasteiger charge is -2.33. The number of ether oxygens (including phenoxy) is 1. The van der Waals surface area contributed by atoms with Gasteiger partial charge in [0.2, 0.25) is 0 Å². The Labute approximate surface area is 146 Å². The molecule has 4 heteroatoms. The molecule has 0 saturated carbocycles. The fourth-order valence-electron chi connectivity index (χ4n) is 3.08. The number of unbranched alkanes of at least 4 members (excludes halogenated alkanes) is 2. The Bertz CT molecular complexity index is 469. The van der Waals surface area contributed by atoms with Gasteiger partial charge in [0.15, 0.2) is 0 Å². The Kier molecular flexibility index (Phi) is 8.26. The third kappa shape index (κ3) is 6.62. The molecule has 1 aromatic rings. The Balaban J connectivity index is 1.53. The van der Waals surface area contributed by atoms with E-state index in [0.29, 0.717) is 6.10 Å². The Hall–Kier alpha value is -1.39. The first-order valence-corrected chi connectivity index (χ1v) is 9.02. The Morgan fingerprint density at radius 1 is 1.33 bits per heavy atom. The number of anilines is 1. The number of rotatable bonds is 10. The quantitative estimate of drug-likeness (QED) is 0.477. The van der Waals surface area contributed by atoms with Crippen LogP contribution in [0.15, 0.2) is 30.9 Å². The van der Waals surface area contributed by atoms with E-state index in [1.54, 1.807) is 6.07 Å². The summed E-state index contributed by atoms with van der Waals surface area (Å²) in [6.45, 7) is 8.61. The molecule has 1 heterocycles. The monoisotopic (exact) mass is 333 g/mol. The molecule has 1 aromatic carbocycles. The number of hydrogen-bond acceptors (Lipinski definition) is 3. The Morgan fingerprint density at radius 3 is 2.79 bits per heavy atom. The summed E-state index contributed by atoms with van der Waals surface area (Å²) in [5.74, 6) is -0.229. The van der Waals surface area contributed by atoms with Crippen LogP contribution in [0.4, 0.5) is 10.1 Å². The maximum atomic E-state index is 12.9. The molecule has 1 saturated heterocycles. The van der Waals surface area contributed by atoms with Gasteiger partial charge in [0.1, 0.15) is 5.82 Å². The van der Waals surface area contributed by atoms with Crippen molar-refractivity contribution < 1.29 is 9.13 Å². The molecule has 0 aliphatic carbocycles. The summed E-state index contributed by atoms with van der Waals surface area (Å²) in [5.41, 5.74) is 0.985. The number of nitrogens with zero attached hydrogens (tertiary/aromatic N) is 2. The number of piperidine rings is 1. The van der Waals surface area contributed by atoms with E-state index < -0.39 is 0 Å². The summed E-state index contributed by atoms with van der Waals surface area (Å²) in [7, 11) is 2.13. The number of likely N-dealkylation sites (N-methyl/N-ethyl adjacent to an activating group) is 1. The molecule has 0 amide bonds. The topological polar surface area (TPSA) is 15.7 Å². The SMILES string of the molecule is C=CCN(C)CCCCCOC1CCN(c2[c]cc(F)cc2)CC1. The van der Waals surface area contributed by atoms with E-state index in [9.17, 15) is 4.39 Å². The first-order valence-electron chi connectivity index (χ1n) is 9.02. The first-order chi connectivity index (χ1) is 11.7. The van der Waals surface area contributed by atoms with Gasteiger partial charge in [-0.2, -0.15) is 0 Å². The van der Waals surface area contributed by atoms with E-state index in [1.165, 1.54) is 25.0 Å². The van der Waals surface area contributed by atoms with Crippen LogP contribution in [0.25, 0.3) is 0 Å². The molecule has 3 nitrogen and oxygen atoms in total. The fourth-order valence-corrected chi connectivity index (χ4v) is 3.08. The second-order valence-electron chi connectivity index (χ2n) is 6.56. The molecule has 0 bridgehead atoms. The van der Waals surface area contributed by atoms with E-state index in [2.05, 4.69) is 29.5 Å². The lowest BCUT2D eigenvalue weighted by atomic mass is 10.1. The molecule has 2 rings (SSSR count). The number of benzene rings is 1. The van der Waals surface area contributed by atoms with Gasteiger partial charge in [-0.05, 0) is 63.9 Å². The molecule has 0 atom stereocenters. The van der Waals surface area contributed by atoms with Crippen molar-refractivity contribution in [1.82, 2.24) is 4.90 Å². The van der Waals surface area contributed by atoms with E-state index in [-0.39, 0.29) is 5.82 Å². The Morgan fingerprint density at radius 2 is 2.12 bits per heavy atom. The van der Waals surface area contributed by atoms with Crippen LogP contribution in [0.2, 0.25) is 0 Å². The molecule has 0 unspecified atom stereocenters. The molecule has 133 valence electrons. The number of halogens is 1. The molecule has 1 aliphatic rings. The minimum atomic E-state index is -0.229. The maximum Gasteiger partial charge on any atom is 0.123 e. The zero-order chi connectivity index (χ0) is 17.2. The van der Waals surface area contributed by atoms with Crippen LogP contribution in [0.5, 0.6) is 0 Å². The second kappa shape index (κ2) is 10.5. The van der Waals surface area contributed by atoms with Crippen molar-refractivity contribution in [3.63, 3.8) is 0 Å². The summed E-state index contributed by atoms with van der Waals surface area (Å²) >= 11 is 0. The van der Waals surface area contributed by atoms with Gasteiger partial charge >= 0.3 is 0 Å². The summed E-state index contributed by atoms with van der Waals surface area (Å²) < 4.78 is 19.0. The predicted molar refractivity (Wildman–Crippen MR) is 98.0 cm³/mol. The normalized spacial score (nSPS) is 15.9. The van der Waals surface area contributed by atoms with Gasteiger partial charge < -0.3 is 14.5 Å². The van der Waals surface area contributed by atoms with Crippen LogP contribution in [0, 0.1) is 11.9 Å². The van der Waals surface area contributed by atoms with Crippen LogP contribution >= 0.6 is 0 Å². The third-order valence-electron chi connectivity index (χ3n) is 4.52. The van der Waals surface area contributed by atoms with Crippen molar-refractivity contribution in [3.8, 4) is 0 Å². The smallest absolute Gasteiger partial charge is 0.123 e. The molecule has 0 spiro atoms. The average molecular weight is 333 g/mol. The zero-order valence-corrected chi connectivity index (χ0v) is 14.8. The van der Waals surface area contributed by atoms with Crippen molar-refractivity contribution >= 4 is 5.69 Å². The van der Waals surface area contributed by atoms with Crippen LogP contribution < -0.4 is 4.90 Å². The highest BCUT2D eigenvalue weighted by Gasteiger charge is 2.19. The van der Waals surface area contributed by atoms with Gasteiger partial charge in [-0.1, -0.05) is 6.08 Å². The largest absolute Gasteiger partial charge is 0.378 e. The predicted octanol–water partition coefficient (Wildman–Crippen LogP) is 3.90. The third-order valence-corrected chi connectivity index (χ3v) is 4.52. The summed E-state index contributed by atoms with van der Waals surface area (Å²) in [4.78, 5) is 4.55. The summed E-state index contributed by atoms with van der Waals surface area (Å²) in [5, 5.41) is 0. The van der Waals surface area contributed by atoms with E-state index >= 15 is 0 Å². The van der Waals surface area contributed by atoms with Gasteiger partial charge in [0, 0.05) is 38.0 Å². The van der Waals surface area contributed by atoms with Crippen molar-refractivity contribution in [3.05, 3.63) is 42.7 Å². The summed E-state index contributed by atoms with van der Waals surface area (Å²) in [6, 6.07) is 7.72. The van der Waals surface area contributed by atoms with Crippen molar-refractivity contribution in [2.24, 2.45) is 0 Å². The first kappa shape index (κ1) is 18.9. The number of hydrogen-bond donors (Lipinski definition) is 0. The molecule has 24 heavy (non-hydrogen) atoms. The van der Waals surface area contributed by atoms with Crippen molar-refractivity contribution in [2.45, 2.75) is 38.2 Å². The fraction of sp³-hybridized carbons (Fsp3) is 0.600. The van der Waals surface area contributed by atoms with Gasteiger partial charge in [-0.15, -0.1) is 6.58 Å². The van der Waals surface area contributed by atoms with E-state index in [1.807, 2.05) is 6.08 Å². The van der Waals surface area contributed by atoms with Gasteiger partial charge in [0.05, 0.1) is 6.10 Å². The maximum absolute atomic E-state index is 12.9. The average Bonchev–Trinajstić information content (AvgIpc) is 2.59. The van der Waals surface area contributed by atoms with E-state index in [0.717, 1.165) is 57.7 Å². The van der Waals surface area contributed by atoms with Gasteiger partial charge in [0.25, 0.3) is 0 Å². The highest BCUT2D eigenvalue weighted by molar-refractivity contribution is 5.45. The van der Waals surface area contributed by atoms with Gasteiger partial charge in [-0.25, -0.2) is 4.39 Å². The van der Waals surface area contributed by atoms with Gasteiger partial charge in [-0.3, -0.25) is 0 Å². The molecule has 1 radical (unpaired) electrons. The van der Waals surface area contributed by atoms with Crippen molar-refractivity contribution in [1.29, 1.82) is 0 Å². The highest BCUT2D eigenvalue weighted by Crippen LogP contribution is 2.21. The van der Waals surface area contributed by atoms with Crippen LogP contribution in [-0.4, -0.2) is 50.8 Å². The standard InChI is InChI=1S/C20H30FN2O/c1-3-13-22(2)14-5-4-6-17-24-20-11-15-23(16-12-20)19-9-7-18(21)8-10-19/h3,7-9,20H,1,4-6,11-17H2,2H3. The molecule has 1 fully saturated rings. The molecule has 0 aromatic heterocycles. The lowest BCUT2D eigenvalue weighted by molar-refractivity contribution is 0.0346. The van der Waals surface area contributed by atoms with Crippen LogP contribution in [0.3, 0.4) is 0 Å². The molecular weight excluding hydrogens is 303 g/mol. The molecular formula is C20H30FN2O. The molecule has 0 N–H and O–H groups in total. The highest BCUT2D eigenvalue weighted by atomic mass is 19.1. The minimum absolute atomic E-state index is 0.229. The molecule has 1 aliphatic heterocycles. The van der Waals surface area contributed by atoms with Crippen molar-refractivity contribution in [2.75, 3.05) is 44.7 Å².